The summed E-state index contributed by atoms with van der Waals surface area (Å²) >= 11 is 1.44. The molecule has 0 bridgehead atoms. The van der Waals surface area contributed by atoms with Crippen LogP contribution < -0.4 is 5.32 Å². The number of anilines is 1. The lowest BCUT2D eigenvalue weighted by Crippen LogP contribution is -2.14. The van der Waals surface area contributed by atoms with Crippen LogP contribution in [0.2, 0.25) is 0 Å². The molecule has 0 saturated heterocycles. The van der Waals surface area contributed by atoms with Crippen LogP contribution in [-0.4, -0.2) is 15.9 Å². The van der Waals surface area contributed by atoms with Crippen molar-refractivity contribution < 1.29 is 4.79 Å². The number of amides is 1. The van der Waals surface area contributed by atoms with Gasteiger partial charge in [0, 0.05) is 17.5 Å². The predicted molar refractivity (Wildman–Crippen MR) is 71.0 cm³/mol. The summed E-state index contributed by atoms with van der Waals surface area (Å²) in [6.07, 6.45) is 4.01. The Morgan fingerprint density at radius 3 is 3.00 bits per heavy atom. The molecule has 0 spiro atoms. The summed E-state index contributed by atoms with van der Waals surface area (Å²) in [6.45, 7) is 1.91. The molecule has 2 aromatic rings. The molecule has 0 aromatic carbocycles. The van der Waals surface area contributed by atoms with E-state index >= 15 is 0 Å². The second-order valence-electron chi connectivity index (χ2n) is 4.46. The Morgan fingerprint density at radius 2 is 2.33 bits per heavy atom. The molecule has 1 saturated carbocycles. The molecule has 0 unspecified atom stereocenters. The molecular weight excluding hydrogens is 246 g/mol. The minimum absolute atomic E-state index is 0.112. The Bertz CT molecular complexity index is 589. The van der Waals surface area contributed by atoms with Gasteiger partial charge in [-0.05, 0) is 31.9 Å². The minimum atomic E-state index is -0.112. The highest BCUT2D eigenvalue weighted by Gasteiger charge is 2.29. The number of hydrogen-bond donors (Lipinski definition) is 1. The van der Waals surface area contributed by atoms with E-state index in [1.54, 1.807) is 12.3 Å². The maximum atomic E-state index is 12.2. The normalized spacial score (nSPS) is 14.5. The molecule has 1 aliphatic rings. The third-order valence-electron chi connectivity index (χ3n) is 2.89. The lowest BCUT2D eigenvalue weighted by atomic mass is 10.1. The number of aryl methyl sites for hydroxylation is 1. The molecule has 2 aromatic heterocycles. The van der Waals surface area contributed by atoms with Crippen molar-refractivity contribution in [2.75, 3.05) is 5.32 Å². The number of pyridine rings is 1. The van der Waals surface area contributed by atoms with Crippen LogP contribution in [0.1, 0.15) is 40.5 Å². The van der Waals surface area contributed by atoms with Crippen LogP contribution >= 0.6 is 11.3 Å². The third kappa shape index (κ3) is 2.26. The van der Waals surface area contributed by atoms with Gasteiger partial charge >= 0.3 is 0 Å². The van der Waals surface area contributed by atoms with Gasteiger partial charge in [0.05, 0.1) is 17.0 Å². The van der Waals surface area contributed by atoms with Crippen molar-refractivity contribution in [1.29, 1.82) is 0 Å². The number of nitrogens with zero attached hydrogens (tertiary/aromatic N) is 2. The zero-order valence-corrected chi connectivity index (χ0v) is 10.8. The molecule has 92 valence electrons. The van der Waals surface area contributed by atoms with Gasteiger partial charge in [0.1, 0.15) is 0 Å². The summed E-state index contributed by atoms with van der Waals surface area (Å²) in [6, 6.07) is 3.63. The van der Waals surface area contributed by atoms with Gasteiger partial charge in [-0.25, -0.2) is 4.98 Å². The molecular formula is C13H13N3OS. The van der Waals surface area contributed by atoms with Crippen LogP contribution in [0.4, 0.5) is 5.13 Å². The number of carbonyl (C=O) groups is 1. The van der Waals surface area contributed by atoms with Gasteiger partial charge in [0.25, 0.3) is 5.91 Å². The van der Waals surface area contributed by atoms with E-state index in [0.29, 0.717) is 16.6 Å². The quantitative estimate of drug-likeness (QED) is 0.922. The second-order valence-corrected chi connectivity index (χ2v) is 5.32. The molecule has 0 atom stereocenters. The standard InChI is InChI=1S/C13H13N3OS/c1-8-7-18-13(15-8)16-12(17)10-3-2-6-14-11(10)9-4-5-9/h2-3,6-7,9H,4-5H2,1H3,(H,15,16,17). The first-order valence-corrected chi connectivity index (χ1v) is 6.80. The summed E-state index contributed by atoms with van der Waals surface area (Å²) in [5.41, 5.74) is 2.51. The summed E-state index contributed by atoms with van der Waals surface area (Å²) in [5, 5.41) is 5.39. The van der Waals surface area contributed by atoms with E-state index in [9.17, 15) is 4.79 Å². The monoisotopic (exact) mass is 259 g/mol. The Morgan fingerprint density at radius 1 is 1.50 bits per heavy atom. The Kier molecular flexibility index (Phi) is 2.83. The number of nitrogens with one attached hydrogen (secondary N) is 1. The highest BCUT2D eigenvalue weighted by atomic mass is 32.1. The smallest absolute Gasteiger partial charge is 0.259 e. The first-order chi connectivity index (χ1) is 8.74. The van der Waals surface area contributed by atoms with Crippen LogP contribution in [0, 0.1) is 6.92 Å². The maximum Gasteiger partial charge on any atom is 0.259 e. The number of aromatic nitrogens is 2. The van der Waals surface area contributed by atoms with E-state index in [2.05, 4.69) is 15.3 Å². The lowest BCUT2D eigenvalue weighted by Gasteiger charge is -2.06. The third-order valence-corrected chi connectivity index (χ3v) is 3.76. The second kappa shape index (κ2) is 4.49. The van der Waals surface area contributed by atoms with Gasteiger partial charge in [-0.15, -0.1) is 11.3 Å². The van der Waals surface area contributed by atoms with Gasteiger partial charge in [0.15, 0.2) is 5.13 Å². The fourth-order valence-corrected chi connectivity index (χ4v) is 2.55. The van der Waals surface area contributed by atoms with Gasteiger partial charge in [-0.3, -0.25) is 15.1 Å². The average molecular weight is 259 g/mol. The predicted octanol–water partition coefficient (Wildman–Crippen LogP) is 2.98. The van der Waals surface area contributed by atoms with Gasteiger partial charge < -0.3 is 0 Å². The first kappa shape index (κ1) is 11.3. The fourth-order valence-electron chi connectivity index (χ4n) is 1.87. The van der Waals surface area contributed by atoms with Crippen LogP contribution in [0.3, 0.4) is 0 Å². The van der Waals surface area contributed by atoms with Gasteiger partial charge in [-0.1, -0.05) is 0 Å². The minimum Gasteiger partial charge on any atom is -0.298 e. The van der Waals surface area contributed by atoms with E-state index in [0.717, 1.165) is 24.2 Å². The zero-order chi connectivity index (χ0) is 12.5. The molecule has 2 heterocycles. The molecule has 5 heteroatoms. The molecule has 0 aliphatic heterocycles. The summed E-state index contributed by atoms with van der Waals surface area (Å²) < 4.78 is 0. The molecule has 0 radical (unpaired) electrons. The Hall–Kier alpha value is -1.75. The van der Waals surface area contributed by atoms with Crippen LogP contribution in [0.5, 0.6) is 0 Å². The SMILES string of the molecule is Cc1csc(NC(=O)c2cccnc2C2CC2)n1. The number of rotatable bonds is 3. The fraction of sp³-hybridized carbons (Fsp3) is 0.308. The molecule has 1 amide bonds. The van der Waals surface area contributed by atoms with E-state index in [-0.39, 0.29) is 5.91 Å². The van der Waals surface area contributed by atoms with Crippen molar-refractivity contribution in [3.63, 3.8) is 0 Å². The maximum absolute atomic E-state index is 12.2. The van der Waals surface area contributed by atoms with Crippen molar-refractivity contribution in [3.05, 3.63) is 40.7 Å². The highest BCUT2D eigenvalue weighted by molar-refractivity contribution is 7.13. The van der Waals surface area contributed by atoms with Gasteiger partial charge in [-0.2, -0.15) is 0 Å². The molecule has 1 N–H and O–H groups in total. The van der Waals surface area contributed by atoms with Crippen molar-refractivity contribution >= 4 is 22.4 Å². The van der Waals surface area contributed by atoms with Crippen LogP contribution in [0.25, 0.3) is 0 Å². The van der Waals surface area contributed by atoms with Crippen LogP contribution in [0.15, 0.2) is 23.7 Å². The molecule has 3 rings (SSSR count). The summed E-state index contributed by atoms with van der Waals surface area (Å²) in [5.74, 6) is 0.351. The van der Waals surface area contributed by atoms with Crippen molar-refractivity contribution in [3.8, 4) is 0 Å². The van der Waals surface area contributed by atoms with E-state index in [1.165, 1.54) is 11.3 Å². The summed E-state index contributed by atoms with van der Waals surface area (Å²) in [4.78, 5) is 20.8. The molecule has 18 heavy (non-hydrogen) atoms. The van der Waals surface area contributed by atoms with Crippen molar-refractivity contribution in [2.45, 2.75) is 25.7 Å². The average Bonchev–Trinajstić information content (AvgIpc) is 3.14. The van der Waals surface area contributed by atoms with Crippen molar-refractivity contribution in [2.24, 2.45) is 0 Å². The Balaban J connectivity index is 1.83. The highest BCUT2D eigenvalue weighted by Crippen LogP contribution is 2.40. The number of hydrogen-bond acceptors (Lipinski definition) is 4. The van der Waals surface area contributed by atoms with Crippen LogP contribution in [-0.2, 0) is 0 Å². The largest absolute Gasteiger partial charge is 0.298 e. The van der Waals surface area contributed by atoms with Crippen molar-refractivity contribution in [1.82, 2.24) is 9.97 Å². The zero-order valence-electron chi connectivity index (χ0n) is 10.0. The summed E-state index contributed by atoms with van der Waals surface area (Å²) in [7, 11) is 0. The first-order valence-electron chi connectivity index (χ1n) is 5.92. The number of carbonyl (C=O) groups excluding carboxylic acids is 1. The molecule has 1 fully saturated rings. The Labute approximate surface area is 109 Å². The topological polar surface area (TPSA) is 54.9 Å². The molecule has 1 aliphatic carbocycles. The van der Waals surface area contributed by atoms with E-state index in [1.807, 2.05) is 18.4 Å². The lowest BCUT2D eigenvalue weighted by molar-refractivity contribution is 0.102. The van der Waals surface area contributed by atoms with E-state index in [4.69, 9.17) is 0 Å². The van der Waals surface area contributed by atoms with Gasteiger partial charge in [0.2, 0.25) is 0 Å². The van der Waals surface area contributed by atoms with E-state index < -0.39 is 0 Å². The number of thiazole rings is 1. The molecule has 4 nitrogen and oxygen atoms in total.